The lowest BCUT2D eigenvalue weighted by atomic mass is 10.0. The first kappa shape index (κ1) is 18.5. The molecule has 1 aliphatic carbocycles. The van der Waals surface area contributed by atoms with Gasteiger partial charge in [-0.2, -0.15) is 10.6 Å². The van der Waals surface area contributed by atoms with Crippen molar-refractivity contribution in [3.8, 4) is 11.1 Å². The summed E-state index contributed by atoms with van der Waals surface area (Å²) in [5.41, 5.74) is 6.19. The van der Waals surface area contributed by atoms with Gasteiger partial charge in [0.05, 0.1) is 35.0 Å². The van der Waals surface area contributed by atoms with Gasteiger partial charge in [-0.25, -0.2) is 0 Å². The second-order valence-corrected chi connectivity index (χ2v) is 11.6. The van der Waals surface area contributed by atoms with E-state index < -0.39 is 10.6 Å². The summed E-state index contributed by atoms with van der Waals surface area (Å²) in [6.45, 7) is 2.54. The molecule has 5 nitrogen and oxygen atoms in total. The van der Waals surface area contributed by atoms with Crippen molar-refractivity contribution in [1.82, 2.24) is 0 Å². The predicted octanol–water partition coefficient (Wildman–Crippen LogP) is 5.15. The average molecular weight is 418 g/mol. The van der Waals surface area contributed by atoms with E-state index in [0.717, 1.165) is 18.2 Å². The van der Waals surface area contributed by atoms with Crippen molar-refractivity contribution >= 4 is 39.8 Å². The number of benzene rings is 2. The summed E-state index contributed by atoms with van der Waals surface area (Å²) in [6.07, 6.45) is 2.74. The molecule has 7 heteroatoms. The molecule has 0 aromatic heterocycles. The van der Waals surface area contributed by atoms with Crippen molar-refractivity contribution in [1.29, 1.82) is 0 Å². The maximum absolute atomic E-state index is 9.87. The lowest BCUT2D eigenvalue weighted by molar-refractivity contribution is 0.479. The molecule has 28 heavy (non-hydrogen) atoms. The van der Waals surface area contributed by atoms with Crippen molar-refractivity contribution < 1.29 is 9.11 Å². The molecule has 0 spiro atoms. The highest BCUT2D eigenvalue weighted by molar-refractivity contribution is 8.24. The summed E-state index contributed by atoms with van der Waals surface area (Å²) >= 11 is 1.81. The van der Waals surface area contributed by atoms with Gasteiger partial charge >= 0.3 is 0 Å². The number of nitrogens with zero attached hydrogens (tertiary/aromatic N) is 3. The van der Waals surface area contributed by atoms with Crippen LogP contribution in [0.3, 0.4) is 0 Å². The second kappa shape index (κ2) is 7.06. The molecular weight excluding hydrogens is 390 g/mol. The summed E-state index contributed by atoms with van der Waals surface area (Å²) in [6, 6.07) is 15.4. The molecule has 0 bridgehead atoms. The molecule has 0 amide bonds. The predicted molar refractivity (Wildman–Crippen MR) is 123 cm³/mol. The summed E-state index contributed by atoms with van der Waals surface area (Å²) in [7, 11) is -0.221. The molecule has 1 saturated carbocycles. The topological polar surface area (TPSA) is 50.2 Å². The Morgan fingerprint density at radius 3 is 2.50 bits per heavy atom. The zero-order valence-corrected chi connectivity index (χ0v) is 17.8. The summed E-state index contributed by atoms with van der Waals surface area (Å²) in [4.78, 5) is 2.26. The lowest BCUT2D eigenvalue weighted by Crippen LogP contribution is -2.38. The maximum atomic E-state index is 9.87. The smallest absolute Gasteiger partial charge is 0.0732 e. The van der Waals surface area contributed by atoms with E-state index in [9.17, 15) is 9.11 Å². The van der Waals surface area contributed by atoms with Crippen molar-refractivity contribution in [3.63, 3.8) is 0 Å². The Kier molecular flexibility index (Phi) is 4.66. The Balaban J connectivity index is 1.39. The van der Waals surface area contributed by atoms with Crippen LogP contribution < -0.4 is 13.5 Å². The Labute approximate surface area is 172 Å². The first-order valence-corrected chi connectivity index (χ1v) is 12.5. The van der Waals surface area contributed by atoms with E-state index in [0.29, 0.717) is 24.6 Å². The van der Waals surface area contributed by atoms with Crippen molar-refractivity contribution in [2.24, 2.45) is 5.92 Å². The minimum absolute atomic E-state index is 0.467. The van der Waals surface area contributed by atoms with Gasteiger partial charge in [-0.1, -0.05) is 18.2 Å². The van der Waals surface area contributed by atoms with E-state index in [2.05, 4.69) is 63.0 Å². The van der Waals surface area contributed by atoms with Gasteiger partial charge < -0.3 is 4.90 Å². The van der Waals surface area contributed by atoms with E-state index in [-0.39, 0.29) is 0 Å². The van der Waals surface area contributed by atoms with E-state index in [1.54, 1.807) is 12.1 Å². The molecule has 2 N–H and O–H groups in total. The van der Waals surface area contributed by atoms with Crippen LogP contribution in [0.1, 0.15) is 12.8 Å². The lowest BCUT2D eigenvalue weighted by Gasteiger charge is -2.42. The van der Waals surface area contributed by atoms with Crippen molar-refractivity contribution in [3.05, 3.63) is 42.5 Å². The summed E-state index contributed by atoms with van der Waals surface area (Å²) in [5, 5.41) is 0. The summed E-state index contributed by atoms with van der Waals surface area (Å²) < 4.78 is 24.4. The van der Waals surface area contributed by atoms with Gasteiger partial charge in [-0.05, 0) is 54.2 Å². The molecule has 1 saturated heterocycles. The Morgan fingerprint density at radius 2 is 1.75 bits per heavy atom. The number of hydrogen-bond acceptors (Lipinski definition) is 6. The molecule has 3 aliphatic rings. The molecule has 150 valence electrons. The molecule has 5 rings (SSSR count). The van der Waals surface area contributed by atoms with Gasteiger partial charge in [0.1, 0.15) is 0 Å². The molecule has 2 fully saturated rings. The molecule has 2 aliphatic heterocycles. The van der Waals surface area contributed by atoms with Crippen LogP contribution in [-0.4, -0.2) is 47.3 Å². The molecule has 0 unspecified atom stereocenters. The summed E-state index contributed by atoms with van der Waals surface area (Å²) in [5.74, 6) is 1.80. The minimum Gasteiger partial charge on any atom is -0.368 e. The molecule has 2 aromatic carbocycles. The molecule has 0 radical (unpaired) electrons. The highest BCUT2D eigenvalue weighted by Gasteiger charge is 2.31. The van der Waals surface area contributed by atoms with Crippen molar-refractivity contribution in [2.45, 2.75) is 12.8 Å². The number of anilines is 3. The first-order chi connectivity index (χ1) is 13.5. The van der Waals surface area contributed by atoms with Crippen LogP contribution in [0.25, 0.3) is 11.1 Å². The largest absolute Gasteiger partial charge is 0.368 e. The van der Waals surface area contributed by atoms with Gasteiger partial charge in [0.15, 0.2) is 0 Å². The standard InChI is InChI=1S/C21H27N3O2S2/c1-22-21-14-18(7-8-20(21)24(27-22)15-16-5-6-16)17-3-2-4-19(13-17)23-9-11-28(25,26)12-10-23/h2-4,7-8,13-14,16,25-26H,5-6,9-12,15H2,1H3. The van der Waals surface area contributed by atoms with Crippen LogP contribution in [0.5, 0.6) is 0 Å². The van der Waals surface area contributed by atoms with E-state index in [4.69, 9.17) is 0 Å². The fourth-order valence-electron chi connectivity index (χ4n) is 3.94. The van der Waals surface area contributed by atoms with Crippen LogP contribution in [0.2, 0.25) is 0 Å². The normalized spacial score (nSPS) is 22.3. The molecule has 2 aromatic rings. The maximum Gasteiger partial charge on any atom is 0.0732 e. The van der Waals surface area contributed by atoms with Gasteiger partial charge in [-0.3, -0.25) is 17.7 Å². The molecule has 2 heterocycles. The van der Waals surface area contributed by atoms with Crippen LogP contribution in [0, 0.1) is 5.92 Å². The third-order valence-electron chi connectivity index (χ3n) is 5.85. The quantitative estimate of drug-likeness (QED) is 0.671. The SMILES string of the molecule is CN1SN(CC2CC2)c2ccc(-c3cccc(N4CCS(O)(O)CC4)c3)cc21. The third-order valence-corrected chi connectivity index (χ3v) is 8.50. The van der Waals surface area contributed by atoms with E-state index in [1.165, 1.54) is 35.3 Å². The zero-order valence-electron chi connectivity index (χ0n) is 16.1. The zero-order chi connectivity index (χ0) is 19.3. The fourth-order valence-corrected chi connectivity index (χ4v) is 6.21. The van der Waals surface area contributed by atoms with Gasteiger partial charge in [-0.15, -0.1) is 0 Å². The first-order valence-electron chi connectivity index (χ1n) is 9.91. The van der Waals surface area contributed by atoms with Gasteiger partial charge in [0.2, 0.25) is 0 Å². The second-order valence-electron chi connectivity index (χ2n) is 8.03. The Bertz CT molecular complexity index is 878. The number of rotatable bonds is 4. The number of fused-ring (bicyclic) bond motifs is 1. The average Bonchev–Trinajstić information content (AvgIpc) is 3.45. The Morgan fingerprint density at radius 1 is 1.00 bits per heavy atom. The molecular formula is C21H27N3O2S2. The minimum atomic E-state index is -2.36. The van der Waals surface area contributed by atoms with Gasteiger partial charge in [0, 0.05) is 32.4 Å². The monoisotopic (exact) mass is 417 g/mol. The highest BCUT2D eigenvalue weighted by Crippen LogP contribution is 2.47. The Hall–Kier alpha value is -1.54. The van der Waals surface area contributed by atoms with Crippen LogP contribution in [0.15, 0.2) is 42.5 Å². The highest BCUT2D eigenvalue weighted by atomic mass is 32.3. The van der Waals surface area contributed by atoms with E-state index in [1.807, 2.05) is 0 Å². The van der Waals surface area contributed by atoms with Crippen LogP contribution >= 0.6 is 22.7 Å². The van der Waals surface area contributed by atoms with Crippen LogP contribution in [0.4, 0.5) is 17.1 Å². The van der Waals surface area contributed by atoms with Crippen molar-refractivity contribution in [2.75, 3.05) is 51.7 Å². The number of hydrogen-bond donors (Lipinski definition) is 2. The van der Waals surface area contributed by atoms with E-state index >= 15 is 0 Å². The third kappa shape index (κ3) is 3.68. The molecule has 0 atom stereocenters. The van der Waals surface area contributed by atoms with Crippen LogP contribution in [-0.2, 0) is 0 Å². The fraction of sp³-hybridized carbons (Fsp3) is 0.429. The van der Waals surface area contributed by atoms with Gasteiger partial charge in [0.25, 0.3) is 0 Å².